The predicted molar refractivity (Wildman–Crippen MR) is 200 cm³/mol. The topological polar surface area (TPSA) is 86.7 Å². The van der Waals surface area contributed by atoms with Crippen molar-refractivity contribution in [1.82, 2.24) is 0 Å². The molecule has 0 N–H and O–H groups in total. The molecule has 0 saturated carbocycles. The van der Waals surface area contributed by atoms with Crippen molar-refractivity contribution in [2.45, 2.75) is 155 Å². The molecule has 0 saturated heterocycles. The van der Waals surface area contributed by atoms with Gasteiger partial charge in [0.15, 0.2) is 11.6 Å². The first-order chi connectivity index (χ1) is 23.7. The highest BCUT2D eigenvalue weighted by Crippen LogP contribution is 2.33. The van der Waals surface area contributed by atoms with E-state index in [9.17, 15) is 19.2 Å². The van der Waals surface area contributed by atoms with Crippen molar-refractivity contribution in [2.24, 2.45) is 5.92 Å². The van der Waals surface area contributed by atoms with Gasteiger partial charge in [-0.15, -0.1) is 0 Å². The van der Waals surface area contributed by atoms with Crippen LogP contribution in [0.3, 0.4) is 0 Å². The van der Waals surface area contributed by atoms with Crippen LogP contribution in [0.4, 0.5) is 0 Å². The monoisotopic (exact) mass is 716 g/mol. The Morgan fingerprint density at radius 2 is 1.33 bits per heavy atom. The molecule has 2 rings (SSSR count). The maximum atomic E-state index is 12.9. The first kappa shape index (κ1) is 42.5. The molecule has 0 aromatic rings. The molecule has 0 bridgehead atoms. The minimum atomic E-state index is -0.260. The van der Waals surface area contributed by atoms with Crippen molar-refractivity contribution in [3.8, 4) is 0 Å². The standard InChI is InChI=1S/C41H58Cl2O6/c1-4-7-10-11-17-22-39(45)49-34(21-15-9-6-3)27-28-35-32(30-37(43)41(35)47)19-16-12-13-18-23-38(44)48-33(20-14-8-5-2)26-24-31-25-29-36(42)40(31)46/h7,10,12,16,24,28-30,32-34H,4-6,8-9,11,13-15,17-23,25-27H2,1-3H3/b10-7-,16-12-,31-24+,35-28-/t32-,33-,34-/m0/s1. The Kier molecular flexibility index (Phi) is 21.9. The van der Waals surface area contributed by atoms with Crippen LogP contribution in [-0.4, -0.2) is 35.7 Å². The number of halogens is 2. The molecular formula is C41H58Cl2O6. The first-order valence-corrected chi connectivity index (χ1v) is 19.4. The van der Waals surface area contributed by atoms with E-state index in [2.05, 4.69) is 32.9 Å². The second-order valence-corrected chi connectivity index (χ2v) is 13.8. The lowest BCUT2D eigenvalue weighted by molar-refractivity contribution is -0.150. The smallest absolute Gasteiger partial charge is 0.306 e. The van der Waals surface area contributed by atoms with Crippen molar-refractivity contribution < 1.29 is 28.7 Å². The summed E-state index contributed by atoms with van der Waals surface area (Å²) in [5, 5.41) is 0.490. The second kappa shape index (κ2) is 25.3. The van der Waals surface area contributed by atoms with Crippen molar-refractivity contribution in [2.75, 3.05) is 0 Å². The molecular weight excluding hydrogens is 659 g/mol. The Morgan fingerprint density at radius 3 is 1.86 bits per heavy atom. The molecule has 0 aromatic carbocycles. The molecule has 0 amide bonds. The maximum absolute atomic E-state index is 12.9. The number of hydrogen-bond donors (Lipinski definition) is 0. The van der Waals surface area contributed by atoms with Crippen LogP contribution in [0, 0.1) is 5.92 Å². The van der Waals surface area contributed by atoms with Gasteiger partial charge in [-0.1, -0.05) is 118 Å². The van der Waals surface area contributed by atoms with Crippen LogP contribution < -0.4 is 0 Å². The van der Waals surface area contributed by atoms with Crippen LogP contribution in [0.2, 0.25) is 0 Å². The summed E-state index contributed by atoms with van der Waals surface area (Å²) in [4.78, 5) is 50.2. The summed E-state index contributed by atoms with van der Waals surface area (Å²) < 4.78 is 11.7. The number of hydrogen-bond acceptors (Lipinski definition) is 6. The summed E-state index contributed by atoms with van der Waals surface area (Å²) in [5.41, 5.74) is 1.32. The van der Waals surface area contributed by atoms with Crippen LogP contribution in [-0.2, 0) is 28.7 Å². The van der Waals surface area contributed by atoms with E-state index in [1.165, 1.54) is 0 Å². The third-order valence-corrected chi connectivity index (χ3v) is 9.41. The minimum Gasteiger partial charge on any atom is -0.462 e. The molecule has 6 nitrogen and oxygen atoms in total. The molecule has 0 spiro atoms. The second-order valence-electron chi connectivity index (χ2n) is 13.0. The highest BCUT2D eigenvalue weighted by molar-refractivity contribution is 6.46. The third kappa shape index (κ3) is 17.2. The molecule has 8 heteroatoms. The Balaban J connectivity index is 1.85. The van der Waals surface area contributed by atoms with E-state index in [0.717, 1.165) is 70.6 Å². The number of allylic oxidation sites excluding steroid dienone is 10. The van der Waals surface area contributed by atoms with Gasteiger partial charge >= 0.3 is 11.9 Å². The average Bonchev–Trinajstić information content (AvgIpc) is 3.54. The number of esters is 2. The van der Waals surface area contributed by atoms with Gasteiger partial charge in [0.1, 0.15) is 12.2 Å². The lowest BCUT2D eigenvalue weighted by Gasteiger charge is -2.17. The molecule has 2 aliphatic rings. The molecule has 0 aliphatic heterocycles. The van der Waals surface area contributed by atoms with Crippen LogP contribution in [0.1, 0.15) is 143 Å². The van der Waals surface area contributed by atoms with Gasteiger partial charge in [-0.2, -0.15) is 0 Å². The predicted octanol–water partition coefficient (Wildman–Crippen LogP) is 11.3. The van der Waals surface area contributed by atoms with E-state index < -0.39 is 0 Å². The molecule has 2 aliphatic carbocycles. The van der Waals surface area contributed by atoms with Crippen LogP contribution >= 0.6 is 23.2 Å². The van der Waals surface area contributed by atoms with Gasteiger partial charge in [-0.3, -0.25) is 19.2 Å². The number of ketones is 2. The van der Waals surface area contributed by atoms with Gasteiger partial charge in [0.25, 0.3) is 0 Å². The zero-order chi connectivity index (χ0) is 35.9. The molecule has 0 unspecified atom stereocenters. The van der Waals surface area contributed by atoms with Crippen LogP contribution in [0.5, 0.6) is 0 Å². The van der Waals surface area contributed by atoms with E-state index in [-0.39, 0.29) is 51.7 Å². The molecule has 0 heterocycles. The number of unbranched alkanes of at least 4 members (excludes halogenated alkanes) is 6. The van der Waals surface area contributed by atoms with E-state index in [0.29, 0.717) is 62.5 Å². The summed E-state index contributed by atoms with van der Waals surface area (Å²) in [6.45, 7) is 6.36. The summed E-state index contributed by atoms with van der Waals surface area (Å²) in [7, 11) is 0. The minimum absolute atomic E-state index is 0.131. The first-order valence-electron chi connectivity index (χ1n) is 18.6. The highest BCUT2D eigenvalue weighted by atomic mass is 35.5. The number of carbonyl (C=O) groups is 4. The van der Waals surface area contributed by atoms with Crippen molar-refractivity contribution >= 4 is 46.7 Å². The van der Waals surface area contributed by atoms with Gasteiger partial charge in [0.05, 0.1) is 10.1 Å². The van der Waals surface area contributed by atoms with Gasteiger partial charge in [0.2, 0.25) is 0 Å². The lowest BCUT2D eigenvalue weighted by atomic mass is 9.95. The van der Waals surface area contributed by atoms with Crippen molar-refractivity contribution in [3.63, 3.8) is 0 Å². The quantitative estimate of drug-likeness (QED) is 0.0404. The van der Waals surface area contributed by atoms with Gasteiger partial charge < -0.3 is 9.47 Å². The summed E-state index contributed by atoms with van der Waals surface area (Å²) >= 11 is 12.2. The Bertz CT molecular complexity index is 1250. The van der Waals surface area contributed by atoms with Crippen LogP contribution in [0.25, 0.3) is 0 Å². The number of rotatable bonds is 25. The molecule has 3 atom stereocenters. The van der Waals surface area contributed by atoms with E-state index in [1.54, 1.807) is 12.2 Å². The number of Topliss-reactive ketones (excluding diaryl/α,β-unsaturated/α-hetero) is 2. The Labute approximate surface area is 305 Å². The van der Waals surface area contributed by atoms with Crippen molar-refractivity contribution in [1.29, 1.82) is 0 Å². The van der Waals surface area contributed by atoms with E-state index in [4.69, 9.17) is 32.7 Å². The Hall–Kier alpha value is -2.70. The highest BCUT2D eigenvalue weighted by Gasteiger charge is 2.28. The fraction of sp³-hybridized carbons (Fsp3) is 0.610. The summed E-state index contributed by atoms with van der Waals surface area (Å²) in [6.07, 6.45) is 29.6. The fourth-order valence-corrected chi connectivity index (χ4v) is 6.35. The number of ether oxygens (including phenoxy) is 2. The van der Waals surface area contributed by atoms with Crippen molar-refractivity contribution in [3.05, 3.63) is 69.8 Å². The van der Waals surface area contributed by atoms with Gasteiger partial charge in [0, 0.05) is 42.7 Å². The molecule has 0 radical (unpaired) electrons. The summed E-state index contributed by atoms with van der Waals surface area (Å²) in [6, 6.07) is 0. The molecule has 0 fully saturated rings. The van der Waals surface area contributed by atoms with Crippen LogP contribution in [0.15, 0.2) is 69.8 Å². The maximum Gasteiger partial charge on any atom is 0.306 e. The lowest BCUT2D eigenvalue weighted by Crippen LogP contribution is -2.18. The molecule has 0 aromatic heterocycles. The number of carbonyl (C=O) groups excluding carboxylic acids is 4. The summed E-state index contributed by atoms with van der Waals surface area (Å²) in [5.74, 6) is -0.845. The fourth-order valence-electron chi connectivity index (χ4n) is 5.89. The van der Waals surface area contributed by atoms with E-state index >= 15 is 0 Å². The third-order valence-electron chi connectivity index (χ3n) is 8.78. The largest absolute Gasteiger partial charge is 0.462 e. The van der Waals surface area contributed by atoms with Gasteiger partial charge in [-0.25, -0.2) is 0 Å². The Morgan fingerprint density at radius 1 is 0.755 bits per heavy atom. The van der Waals surface area contributed by atoms with E-state index in [1.807, 2.05) is 24.3 Å². The zero-order valence-corrected chi connectivity index (χ0v) is 31.5. The average molecular weight is 718 g/mol. The molecule has 49 heavy (non-hydrogen) atoms. The normalized spacial score (nSPS) is 19.3. The van der Waals surface area contributed by atoms with Gasteiger partial charge in [-0.05, 0) is 70.6 Å². The SMILES string of the molecule is CC/C=C\CCCC(=O)O[C@H](C/C=C1\C(=O)C(Cl)=C[C@@H]1C/C=C\CCCC(=O)O[C@H](C/C=C1\CC=C(Cl)C1=O)CCCCC)CCCCC. The zero-order valence-electron chi connectivity index (χ0n) is 30.0. The molecule has 272 valence electrons.